The predicted octanol–water partition coefficient (Wildman–Crippen LogP) is 1.54. The van der Waals surface area contributed by atoms with Crippen molar-refractivity contribution in [3.8, 4) is 0 Å². The lowest BCUT2D eigenvalue weighted by molar-refractivity contribution is 0.0688. The van der Waals surface area contributed by atoms with Crippen LogP contribution >= 0.6 is 0 Å². The van der Waals surface area contributed by atoms with Crippen LogP contribution in [-0.4, -0.2) is 35.0 Å². The van der Waals surface area contributed by atoms with E-state index in [9.17, 15) is 4.79 Å². The summed E-state index contributed by atoms with van der Waals surface area (Å²) in [4.78, 5) is 12.8. The highest BCUT2D eigenvalue weighted by Crippen LogP contribution is 2.24. The molecule has 1 rings (SSSR count). The average molecular weight is 211 g/mol. The molecule has 1 heterocycles. The molecule has 0 spiro atoms. The molecule has 1 N–H and O–H groups in total. The lowest BCUT2D eigenvalue weighted by Gasteiger charge is -2.18. The summed E-state index contributed by atoms with van der Waals surface area (Å²) in [6, 6.07) is 0.147. The molecule has 0 saturated heterocycles. The minimum absolute atomic E-state index is 0.132. The van der Waals surface area contributed by atoms with Crippen molar-refractivity contribution >= 4 is 11.8 Å². The molecule has 0 bridgehead atoms. The van der Waals surface area contributed by atoms with Gasteiger partial charge in [0, 0.05) is 25.7 Å². The van der Waals surface area contributed by atoms with Crippen molar-refractivity contribution in [3.63, 3.8) is 0 Å². The van der Waals surface area contributed by atoms with Gasteiger partial charge in [0.1, 0.15) is 5.82 Å². The number of carboxylic acids is 1. The van der Waals surface area contributed by atoms with Crippen LogP contribution in [0.5, 0.6) is 0 Å². The Kier molecular flexibility index (Phi) is 3.02. The number of hydrogen-bond donors (Lipinski definition) is 1. The summed E-state index contributed by atoms with van der Waals surface area (Å²) >= 11 is 0. The van der Waals surface area contributed by atoms with Crippen LogP contribution < -0.4 is 4.90 Å². The maximum absolute atomic E-state index is 10.9. The minimum Gasteiger partial charge on any atom is -0.476 e. The van der Waals surface area contributed by atoms with E-state index in [1.54, 1.807) is 11.6 Å². The Morgan fingerprint density at radius 1 is 1.47 bits per heavy atom. The zero-order chi connectivity index (χ0) is 11.7. The monoisotopic (exact) mass is 211 g/mol. The van der Waals surface area contributed by atoms with Crippen LogP contribution in [0.1, 0.15) is 35.9 Å². The molecular weight excluding hydrogens is 194 g/mol. The molecule has 0 aromatic carbocycles. The lowest BCUT2D eigenvalue weighted by Crippen LogP contribution is -2.17. The summed E-state index contributed by atoms with van der Waals surface area (Å²) in [6.07, 6.45) is 0. The van der Waals surface area contributed by atoms with Crippen LogP contribution in [-0.2, 0) is 0 Å². The van der Waals surface area contributed by atoms with Gasteiger partial charge < -0.3 is 10.0 Å². The fourth-order valence-electron chi connectivity index (χ4n) is 1.61. The van der Waals surface area contributed by atoms with Gasteiger partial charge in [-0.1, -0.05) is 0 Å². The summed E-state index contributed by atoms with van der Waals surface area (Å²) in [5.74, 6) is -0.127. The van der Waals surface area contributed by atoms with Gasteiger partial charge in [-0.3, -0.25) is 0 Å². The summed E-state index contributed by atoms with van der Waals surface area (Å²) in [5.41, 5.74) is 0.841. The first-order chi connectivity index (χ1) is 6.86. The Bertz CT molecular complexity index is 380. The molecular formula is C10H17N3O2. The first kappa shape index (κ1) is 11.6. The van der Waals surface area contributed by atoms with Gasteiger partial charge in [0.05, 0.1) is 0 Å². The van der Waals surface area contributed by atoms with Crippen molar-refractivity contribution in [2.75, 3.05) is 19.0 Å². The molecule has 84 valence electrons. The van der Waals surface area contributed by atoms with Gasteiger partial charge in [-0.05, 0) is 20.8 Å². The first-order valence-corrected chi connectivity index (χ1v) is 4.86. The van der Waals surface area contributed by atoms with E-state index in [0.29, 0.717) is 5.56 Å². The molecule has 0 saturated carbocycles. The number of anilines is 1. The Balaban J connectivity index is 3.39. The Hall–Kier alpha value is -1.52. The normalized spacial score (nSPS) is 10.8. The molecule has 0 aliphatic heterocycles. The number of rotatable bonds is 3. The van der Waals surface area contributed by atoms with E-state index in [1.807, 2.05) is 32.8 Å². The van der Waals surface area contributed by atoms with E-state index in [-0.39, 0.29) is 11.7 Å². The third-order valence-corrected chi connectivity index (χ3v) is 2.23. The molecule has 5 nitrogen and oxygen atoms in total. The lowest BCUT2D eigenvalue weighted by atomic mass is 10.2. The molecule has 0 unspecified atom stereocenters. The number of hydrogen-bond acceptors (Lipinski definition) is 3. The Morgan fingerprint density at radius 3 is 2.27 bits per heavy atom. The molecule has 0 atom stereocenters. The molecule has 1 aromatic heterocycles. The van der Waals surface area contributed by atoms with Crippen LogP contribution in [0.2, 0.25) is 0 Å². The Labute approximate surface area is 89.3 Å². The minimum atomic E-state index is -0.977. The number of aromatic nitrogens is 2. The smallest absolute Gasteiger partial charge is 0.356 e. The Morgan fingerprint density at radius 2 is 2.00 bits per heavy atom. The van der Waals surface area contributed by atoms with Crippen molar-refractivity contribution in [2.45, 2.75) is 26.8 Å². The average Bonchev–Trinajstić information content (AvgIpc) is 2.42. The molecule has 15 heavy (non-hydrogen) atoms. The van der Waals surface area contributed by atoms with Gasteiger partial charge in [-0.15, -0.1) is 0 Å². The topological polar surface area (TPSA) is 58.4 Å². The van der Waals surface area contributed by atoms with Gasteiger partial charge in [0.2, 0.25) is 0 Å². The second-order valence-corrected chi connectivity index (χ2v) is 4.04. The van der Waals surface area contributed by atoms with E-state index < -0.39 is 5.97 Å². The second-order valence-electron chi connectivity index (χ2n) is 4.04. The predicted molar refractivity (Wildman–Crippen MR) is 58.6 cm³/mol. The largest absolute Gasteiger partial charge is 0.476 e. The molecule has 5 heteroatoms. The summed E-state index contributed by atoms with van der Waals surface area (Å²) in [5, 5.41) is 13.1. The van der Waals surface area contributed by atoms with E-state index in [2.05, 4.69) is 5.10 Å². The number of nitrogens with zero attached hydrogens (tertiary/aromatic N) is 3. The zero-order valence-corrected chi connectivity index (χ0v) is 9.77. The molecule has 0 aliphatic rings. The van der Waals surface area contributed by atoms with Crippen LogP contribution in [0, 0.1) is 6.92 Å². The number of carbonyl (C=O) groups is 1. The highest BCUT2D eigenvalue weighted by Gasteiger charge is 2.21. The second kappa shape index (κ2) is 3.92. The summed E-state index contributed by atoms with van der Waals surface area (Å²) in [7, 11) is 3.77. The highest BCUT2D eigenvalue weighted by atomic mass is 16.4. The van der Waals surface area contributed by atoms with E-state index >= 15 is 0 Å². The van der Waals surface area contributed by atoms with Gasteiger partial charge in [-0.2, -0.15) is 5.10 Å². The fraction of sp³-hybridized carbons (Fsp3) is 0.600. The number of carboxylic acid groups (broad SMARTS) is 1. The molecule has 1 aromatic rings. The van der Waals surface area contributed by atoms with E-state index in [4.69, 9.17) is 5.11 Å². The fourth-order valence-corrected chi connectivity index (χ4v) is 1.61. The summed E-state index contributed by atoms with van der Waals surface area (Å²) in [6.45, 7) is 5.74. The van der Waals surface area contributed by atoms with E-state index in [0.717, 1.165) is 5.82 Å². The van der Waals surface area contributed by atoms with Crippen LogP contribution in [0.15, 0.2) is 0 Å². The maximum atomic E-state index is 10.9. The highest BCUT2D eigenvalue weighted by molar-refractivity contribution is 5.88. The van der Waals surface area contributed by atoms with Gasteiger partial charge >= 0.3 is 5.97 Å². The van der Waals surface area contributed by atoms with Crippen molar-refractivity contribution in [1.82, 2.24) is 9.78 Å². The molecule has 0 aliphatic carbocycles. The quantitative estimate of drug-likeness (QED) is 0.823. The van der Waals surface area contributed by atoms with Crippen molar-refractivity contribution in [1.29, 1.82) is 0 Å². The van der Waals surface area contributed by atoms with Crippen LogP contribution in [0.4, 0.5) is 5.82 Å². The van der Waals surface area contributed by atoms with Gasteiger partial charge in [-0.25, -0.2) is 9.48 Å². The van der Waals surface area contributed by atoms with Gasteiger partial charge in [0.15, 0.2) is 5.69 Å². The number of aromatic carboxylic acids is 1. The standard InChI is InChI=1S/C10H17N3O2/c1-6(2)13-9(12(4)5)7(3)8(11-13)10(14)15/h6H,1-5H3,(H,14,15). The van der Waals surface area contributed by atoms with Crippen LogP contribution in [0.3, 0.4) is 0 Å². The third kappa shape index (κ3) is 1.95. The third-order valence-electron chi connectivity index (χ3n) is 2.23. The summed E-state index contributed by atoms with van der Waals surface area (Å²) < 4.78 is 1.73. The molecule has 0 radical (unpaired) electrons. The van der Waals surface area contributed by atoms with Crippen molar-refractivity contribution < 1.29 is 9.90 Å². The maximum Gasteiger partial charge on any atom is 0.356 e. The van der Waals surface area contributed by atoms with E-state index in [1.165, 1.54) is 0 Å². The van der Waals surface area contributed by atoms with Gasteiger partial charge in [0.25, 0.3) is 0 Å². The van der Waals surface area contributed by atoms with Crippen molar-refractivity contribution in [3.05, 3.63) is 11.3 Å². The molecule has 0 amide bonds. The molecule has 0 fully saturated rings. The van der Waals surface area contributed by atoms with Crippen molar-refractivity contribution in [2.24, 2.45) is 0 Å². The SMILES string of the molecule is Cc1c(C(=O)O)nn(C(C)C)c1N(C)C. The first-order valence-electron chi connectivity index (χ1n) is 4.86. The zero-order valence-electron chi connectivity index (χ0n) is 9.77. The van der Waals surface area contributed by atoms with Crippen LogP contribution in [0.25, 0.3) is 0 Å².